The average Bonchev–Trinajstić information content (AvgIpc) is 2.78. The molecule has 1 aromatic carbocycles. The second kappa shape index (κ2) is 8.14. The van der Waals surface area contributed by atoms with Crippen LogP contribution in [-0.2, 0) is 4.79 Å². The van der Waals surface area contributed by atoms with Crippen LogP contribution in [0.15, 0.2) is 36.4 Å². The molecule has 1 aliphatic carbocycles. The Kier molecular flexibility index (Phi) is 6.20. The van der Waals surface area contributed by atoms with Gasteiger partial charge in [-0.3, -0.25) is 4.79 Å². The minimum absolute atomic E-state index is 0.00525. The number of amides is 1. The summed E-state index contributed by atoms with van der Waals surface area (Å²) >= 11 is 0. The highest BCUT2D eigenvalue weighted by molar-refractivity contribution is 5.91. The van der Waals surface area contributed by atoms with Crippen molar-refractivity contribution in [3.63, 3.8) is 0 Å². The first-order valence-electron chi connectivity index (χ1n) is 8.31. The van der Waals surface area contributed by atoms with Crippen LogP contribution in [0.1, 0.15) is 44.1 Å². The first kappa shape index (κ1) is 16.8. The predicted molar refractivity (Wildman–Crippen MR) is 92.6 cm³/mol. The highest BCUT2D eigenvalue weighted by atomic mass is 16.1. The fourth-order valence-corrected chi connectivity index (χ4v) is 3.22. The quantitative estimate of drug-likeness (QED) is 0.667. The van der Waals surface area contributed by atoms with Crippen LogP contribution < -0.4 is 5.32 Å². The van der Waals surface area contributed by atoms with Gasteiger partial charge in [-0.15, -0.1) is 0 Å². The number of hydrogen-bond acceptors (Lipinski definition) is 2. The van der Waals surface area contributed by atoms with Gasteiger partial charge in [-0.1, -0.05) is 56.0 Å². The summed E-state index contributed by atoms with van der Waals surface area (Å²) in [6, 6.07) is 9.92. The summed E-state index contributed by atoms with van der Waals surface area (Å²) in [5, 5.41) is 3.11. The van der Waals surface area contributed by atoms with Gasteiger partial charge in [0.1, 0.15) is 0 Å². The number of hydrogen-bond donors (Lipinski definition) is 1. The molecule has 0 heterocycles. The molecule has 0 unspecified atom stereocenters. The lowest BCUT2D eigenvalue weighted by atomic mass is 9.88. The van der Waals surface area contributed by atoms with Gasteiger partial charge in [-0.05, 0) is 38.6 Å². The van der Waals surface area contributed by atoms with Crippen molar-refractivity contribution in [1.82, 2.24) is 10.2 Å². The van der Waals surface area contributed by atoms with Crippen molar-refractivity contribution in [2.75, 3.05) is 20.6 Å². The first-order valence-corrected chi connectivity index (χ1v) is 8.31. The molecule has 0 spiro atoms. The predicted octanol–water partition coefficient (Wildman–Crippen LogP) is 3.47. The second-order valence-corrected chi connectivity index (χ2v) is 6.49. The molecule has 0 saturated heterocycles. The molecule has 120 valence electrons. The van der Waals surface area contributed by atoms with Crippen molar-refractivity contribution < 1.29 is 4.79 Å². The standard InChI is InChI=1S/C19H28N2O/c1-21(2)19(14-8-3-4-9-15-19)16-20-18(22)13-12-17-10-6-5-7-11-17/h5-7,10-13H,3-4,8-9,14-16H2,1-2H3,(H,20,22)/b13-12+. The zero-order valence-corrected chi connectivity index (χ0v) is 13.8. The second-order valence-electron chi connectivity index (χ2n) is 6.49. The minimum atomic E-state index is -0.00525. The summed E-state index contributed by atoms with van der Waals surface area (Å²) in [6.45, 7) is 0.734. The Labute approximate surface area is 134 Å². The number of benzene rings is 1. The van der Waals surface area contributed by atoms with E-state index >= 15 is 0 Å². The highest BCUT2D eigenvalue weighted by Gasteiger charge is 2.33. The van der Waals surface area contributed by atoms with Crippen LogP contribution in [-0.4, -0.2) is 37.0 Å². The summed E-state index contributed by atoms with van der Waals surface area (Å²) in [4.78, 5) is 14.4. The van der Waals surface area contributed by atoms with E-state index in [1.54, 1.807) is 6.08 Å². The largest absolute Gasteiger partial charge is 0.351 e. The van der Waals surface area contributed by atoms with E-state index in [0.29, 0.717) is 0 Å². The molecule has 0 atom stereocenters. The molecule has 22 heavy (non-hydrogen) atoms. The summed E-state index contributed by atoms with van der Waals surface area (Å²) in [5.74, 6) is -0.00525. The Balaban J connectivity index is 1.91. The molecule has 2 rings (SSSR count). The third-order valence-corrected chi connectivity index (χ3v) is 4.80. The molecule has 1 N–H and O–H groups in total. The van der Waals surface area contributed by atoms with Gasteiger partial charge in [0.05, 0.1) is 0 Å². The topological polar surface area (TPSA) is 32.3 Å². The van der Waals surface area contributed by atoms with Crippen LogP contribution in [0.2, 0.25) is 0 Å². The van der Waals surface area contributed by atoms with Crippen LogP contribution in [0, 0.1) is 0 Å². The number of nitrogens with one attached hydrogen (secondary N) is 1. The Bertz CT molecular complexity index is 485. The summed E-state index contributed by atoms with van der Waals surface area (Å²) in [5.41, 5.74) is 1.17. The smallest absolute Gasteiger partial charge is 0.244 e. The monoisotopic (exact) mass is 300 g/mol. The minimum Gasteiger partial charge on any atom is -0.351 e. The molecule has 3 heteroatoms. The zero-order chi connectivity index (χ0) is 15.8. The molecule has 1 saturated carbocycles. The number of nitrogens with zero attached hydrogens (tertiary/aromatic N) is 1. The van der Waals surface area contributed by atoms with Gasteiger partial charge in [0, 0.05) is 18.2 Å². The van der Waals surface area contributed by atoms with Crippen molar-refractivity contribution in [1.29, 1.82) is 0 Å². The first-order chi connectivity index (χ1) is 10.6. The van der Waals surface area contributed by atoms with E-state index in [4.69, 9.17) is 0 Å². The van der Waals surface area contributed by atoms with Crippen molar-refractivity contribution in [2.24, 2.45) is 0 Å². The van der Waals surface area contributed by atoms with Crippen LogP contribution in [0.3, 0.4) is 0 Å². The molecule has 0 aromatic heterocycles. The van der Waals surface area contributed by atoms with Crippen molar-refractivity contribution in [2.45, 2.75) is 44.1 Å². The molecule has 0 bridgehead atoms. The van der Waals surface area contributed by atoms with Crippen LogP contribution >= 0.6 is 0 Å². The van der Waals surface area contributed by atoms with E-state index in [0.717, 1.165) is 12.1 Å². The van der Waals surface area contributed by atoms with E-state index in [1.165, 1.54) is 38.5 Å². The van der Waals surface area contributed by atoms with Crippen molar-refractivity contribution >= 4 is 12.0 Å². The maximum Gasteiger partial charge on any atom is 0.244 e. The Morgan fingerprint density at radius 3 is 2.36 bits per heavy atom. The SMILES string of the molecule is CN(C)C1(CNC(=O)/C=C/c2ccccc2)CCCCCC1. The van der Waals surface area contributed by atoms with Gasteiger partial charge >= 0.3 is 0 Å². The van der Waals surface area contributed by atoms with Gasteiger partial charge in [0.2, 0.25) is 5.91 Å². The number of carbonyl (C=O) groups is 1. The fraction of sp³-hybridized carbons (Fsp3) is 0.526. The van der Waals surface area contributed by atoms with E-state index in [2.05, 4.69) is 24.3 Å². The van der Waals surface area contributed by atoms with E-state index in [-0.39, 0.29) is 11.4 Å². The van der Waals surface area contributed by atoms with Crippen molar-refractivity contribution in [3.8, 4) is 0 Å². The maximum atomic E-state index is 12.1. The van der Waals surface area contributed by atoms with Crippen LogP contribution in [0.4, 0.5) is 0 Å². The molecule has 1 aromatic rings. The fourth-order valence-electron chi connectivity index (χ4n) is 3.22. The lowest BCUT2D eigenvalue weighted by molar-refractivity contribution is -0.117. The van der Waals surface area contributed by atoms with Gasteiger partial charge in [0.15, 0.2) is 0 Å². The third-order valence-electron chi connectivity index (χ3n) is 4.80. The van der Waals surface area contributed by atoms with E-state index < -0.39 is 0 Å². The normalized spacial score (nSPS) is 18.3. The third kappa shape index (κ3) is 4.70. The molecule has 0 radical (unpaired) electrons. The average molecular weight is 300 g/mol. The van der Waals surface area contributed by atoms with E-state index in [1.807, 2.05) is 36.4 Å². The van der Waals surface area contributed by atoms with Gasteiger partial charge in [-0.25, -0.2) is 0 Å². The van der Waals surface area contributed by atoms with Gasteiger partial charge in [-0.2, -0.15) is 0 Å². The van der Waals surface area contributed by atoms with Crippen molar-refractivity contribution in [3.05, 3.63) is 42.0 Å². The van der Waals surface area contributed by atoms with E-state index in [9.17, 15) is 4.79 Å². The Hall–Kier alpha value is -1.61. The number of carbonyl (C=O) groups excluding carboxylic acids is 1. The Morgan fingerprint density at radius 2 is 1.77 bits per heavy atom. The highest BCUT2D eigenvalue weighted by Crippen LogP contribution is 2.30. The number of likely N-dealkylation sites (N-methyl/N-ethyl adjacent to an activating group) is 1. The van der Waals surface area contributed by atoms with Crippen LogP contribution in [0.25, 0.3) is 6.08 Å². The molecular formula is C19H28N2O. The lowest BCUT2D eigenvalue weighted by Crippen LogP contribution is -2.52. The molecule has 1 aliphatic rings. The van der Waals surface area contributed by atoms with Gasteiger partial charge in [0.25, 0.3) is 0 Å². The number of rotatable bonds is 5. The molecular weight excluding hydrogens is 272 g/mol. The molecule has 1 fully saturated rings. The Morgan fingerprint density at radius 1 is 1.14 bits per heavy atom. The summed E-state index contributed by atoms with van der Waals surface area (Å²) < 4.78 is 0. The summed E-state index contributed by atoms with van der Waals surface area (Å²) in [6.07, 6.45) is 11.0. The van der Waals surface area contributed by atoms with Crippen LogP contribution in [0.5, 0.6) is 0 Å². The van der Waals surface area contributed by atoms with Gasteiger partial charge < -0.3 is 10.2 Å². The molecule has 1 amide bonds. The maximum absolute atomic E-state index is 12.1. The summed E-state index contributed by atoms with van der Waals surface area (Å²) in [7, 11) is 4.27. The molecule has 0 aliphatic heterocycles. The lowest BCUT2D eigenvalue weighted by Gasteiger charge is -2.39. The molecule has 3 nitrogen and oxygen atoms in total. The zero-order valence-electron chi connectivity index (χ0n) is 13.8.